The van der Waals surface area contributed by atoms with E-state index in [-0.39, 0.29) is 5.28 Å². The summed E-state index contributed by atoms with van der Waals surface area (Å²) >= 11 is 5.97. The number of ether oxygens (including phenoxy) is 1. The van der Waals surface area contributed by atoms with Crippen molar-refractivity contribution in [3.63, 3.8) is 0 Å². The zero-order chi connectivity index (χ0) is 16.4. The fourth-order valence-corrected chi connectivity index (χ4v) is 2.41. The third-order valence-corrected chi connectivity index (χ3v) is 3.53. The highest BCUT2D eigenvalue weighted by Gasteiger charge is 2.15. The van der Waals surface area contributed by atoms with Crippen LogP contribution < -0.4 is 9.64 Å². The molecule has 0 unspecified atom stereocenters. The summed E-state index contributed by atoms with van der Waals surface area (Å²) in [6.07, 6.45) is 1.45. The molecule has 23 heavy (non-hydrogen) atoms. The van der Waals surface area contributed by atoms with Gasteiger partial charge < -0.3 is 9.64 Å². The predicted octanol–water partition coefficient (Wildman–Crippen LogP) is 2.29. The van der Waals surface area contributed by atoms with Crippen molar-refractivity contribution >= 4 is 23.1 Å². The second kappa shape index (κ2) is 6.10. The minimum absolute atomic E-state index is 0.0589. The number of halogens is 1. The third kappa shape index (κ3) is 2.89. The quantitative estimate of drug-likeness (QED) is 0.731. The first-order chi connectivity index (χ1) is 11.1. The standard InChI is InChI=1S/C15H13ClN6O/c1-21(9-10-3-5-12(23-2)6-4-10)14-13-18-8-11(7-17)22(13)20-15(16)19-14/h3-6,8H,9H2,1-2H3. The molecule has 0 radical (unpaired) electrons. The van der Waals surface area contributed by atoms with E-state index >= 15 is 0 Å². The van der Waals surface area contributed by atoms with E-state index in [0.29, 0.717) is 23.7 Å². The fraction of sp³-hybridized carbons (Fsp3) is 0.200. The van der Waals surface area contributed by atoms with Gasteiger partial charge in [0.15, 0.2) is 17.2 Å². The summed E-state index contributed by atoms with van der Waals surface area (Å²) in [5, 5.41) is 13.2. The number of aromatic nitrogens is 4. The fourth-order valence-electron chi connectivity index (χ4n) is 2.25. The van der Waals surface area contributed by atoms with Crippen LogP contribution in [0.2, 0.25) is 5.28 Å². The summed E-state index contributed by atoms with van der Waals surface area (Å²) in [4.78, 5) is 10.4. The number of rotatable bonds is 4. The summed E-state index contributed by atoms with van der Waals surface area (Å²) in [6.45, 7) is 0.599. The van der Waals surface area contributed by atoms with Crippen LogP contribution in [0, 0.1) is 11.3 Å². The first-order valence-corrected chi connectivity index (χ1v) is 7.15. The first-order valence-electron chi connectivity index (χ1n) is 6.78. The number of fused-ring (bicyclic) bond motifs is 1. The van der Waals surface area contributed by atoms with E-state index in [9.17, 15) is 0 Å². The summed E-state index contributed by atoms with van der Waals surface area (Å²) in [7, 11) is 3.51. The Labute approximate surface area is 137 Å². The van der Waals surface area contributed by atoms with Crippen molar-refractivity contribution in [2.45, 2.75) is 6.54 Å². The highest BCUT2D eigenvalue weighted by atomic mass is 35.5. The SMILES string of the molecule is COc1ccc(CN(C)c2nc(Cl)nn3c(C#N)cnc23)cc1. The van der Waals surface area contributed by atoms with Gasteiger partial charge in [-0.3, -0.25) is 0 Å². The van der Waals surface area contributed by atoms with Crippen molar-refractivity contribution in [2.75, 3.05) is 19.1 Å². The van der Waals surface area contributed by atoms with Crippen LogP contribution in [0.4, 0.5) is 5.82 Å². The highest BCUT2D eigenvalue weighted by Crippen LogP contribution is 2.21. The molecule has 116 valence electrons. The number of anilines is 1. The Morgan fingerprint density at radius 2 is 2.09 bits per heavy atom. The molecule has 0 aliphatic carbocycles. The molecule has 3 aromatic rings. The van der Waals surface area contributed by atoms with E-state index in [0.717, 1.165) is 11.3 Å². The van der Waals surface area contributed by atoms with Crippen molar-refractivity contribution in [3.05, 3.63) is 47.0 Å². The second-order valence-corrected chi connectivity index (χ2v) is 5.24. The molecule has 3 rings (SSSR count). The maximum absolute atomic E-state index is 9.09. The van der Waals surface area contributed by atoms with Crippen LogP contribution in [0.3, 0.4) is 0 Å². The molecule has 2 aromatic heterocycles. The summed E-state index contributed by atoms with van der Waals surface area (Å²) < 4.78 is 6.55. The molecule has 0 aliphatic rings. The Balaban J connectivity index is 1.95. The van der Waals surface area contributed by atoms with Gasteiger partial charge in [0.1, 0.15) is 11.8 Å². The van der Waals surface area contributed by atoms with E-state index in [1.54, 1.807) is 7.11 Å². The molecule has 7 nitrogen and oxygen atoms in total. The number of hydrogen-bond donors (Lipinski definition) is 0. The monoisotopic (exact) mass is 328 g/mol. The van der Waals surface area contributed by atoms with E-state index in [1.807, 2.05) is 42.3 Å². The largest absolute Gasteiger partial charge is 0.497 e. The predicted molar refractivity (Wildman–Crippen MR) is 85.6 cm³/mol. The number of hydrogen-bond acceptors (Lipinski definition) is 6. The van der Waals surface area contributed by atoms with E-state index < -0.39 is 0 Å². The molecule has 0 spiro atoms. The number of benzene rings is 1. The number of imidazole rings is 1. The smallest absolute Gasteiger partial charge is 0.243 e. The van der Waals surface area contributed by atoms with Crippen molar-refractivity contribution in [3.8, 4) is 11.8 Å². The van der Waals surface area contributed by atoms with Crippen LogP contribution in [-0.4, -0.2) is 33.7 Å². The van der Waals surface area contributed by atoms with Gasteiger partial charge >= 0.3 is 0 Å². The zero-order valence-corrected chi connectivity index (χ0v) is 13.3. The number of methoxy groups -OCH3 is 1. The maximum Gasteiger partial charge on any atom is 0.243 e. The maximum atomic E-state index is 9.09. The molecular formula is C15H13ClN6O. The van der Waals surface area contributed by atoms with Crippen LogP contribution in [-0.2, 0) is 6.54 Å². The van der Waals surface area contributed by atoms with Crippen LogP contribution in [0.1, 0.15) is 11.3 Å². The molecule has 0 atom stereocenters. The van der Waals surface area contributed by atoms with Gasteiger partial charge in [0.05, 0.1) is 13.3 Å². The lowest BCUT2D eigenvalue weighted by Crippen LogP contribution is -2.19. The average Bonchev–Trinajstić information content (AvgIpc) is 2.97. The Bertz CT molecular complexity index is 883. The normalized spacial score (nSPS) is 10.5. The minimum atomic E-state index is 0.0589. The first kappa shape index (κ1) is 15.1. The van der Waals surface area contributed by atoms with Crippen LogP contribution >= 0.6 is 11.6 Å². The molecule has 0 amide bonds. The minimum Gasteiger partial charge on any atom is -0.497 e. The van der Waals surface area contributed by atoms with Crippen molar-refractivity contribution in [1.82, 2.24) is 19.6 Å². The average molecular weight is 329 g/mol. The Morgan fingerprint density at radius 3 is 2.74 bits per heavy atom. The molecule has 0 aliphatic heterocycles. The lowest BCUT2D eigenvalue weighted by Gasteiger charge is -2.18. The Morgan fingerprint density at radius 1 is 1.35 bits per heavy atom. The van der Waals surface area contributed by atoms with E-state index in [2.05, 4.69) is 15.1 Å². The van der Waals surface area contributed by atoms with Gasteiger partial charge in [0.25, 0.3) is 0 Å². The molecule has 0 saturated carbocycles. The summed E-state index contributed by atoms with van der Waals surface area (Å²) in [5.74, 6) is 1.36. The van der Waals surface area contributed by atoms with Crippen molar-refractivity contribution < 1.29 is 4.74 Å². The van der Waals surface area contributed by atoms with Gasteiger partial charge in [-0.15, -0.1) is 5.10 Å². The molecular weight excluding hydrogens is 316 g/mol. The van der Waals surface area contributed by atoms with Crippen molar-refractivity contribution in [1.29, 1.82) is 5.26 Å². The van der Waals surface area contributed by atoms with Crippen LogP contribution in [0.15, 0.2) is 30.5 Å². The van der Waals surface area contributed by atoms with Crippen molar-refractivity contribution in [2.24, 2.45) is 0 Å². The number of nitriles is 1. The Kier molecular flexibility index (Phi) is 4.00. The molecule has 2 heterocycles. The van der Waals surface area contributed by atoms with E-state index in [1.165, 1.54) is 10.7 Å². The van der Waals surface area contributed by atoms with Gasteiger partial charge in [-0.05, 0) is 29.3 Å². The molecule has 0 N–H and O–H groups in total. The molecule has 0 bridgehead atoms. The van der Waals surface area contributed by atoms with Crippen LogP contribution in [0.5, 0.6) is 5.75 Å². The third-order valence-electron chi connectivity index (χ3n) is 3.37. The van der Waals surface area contributed by atoms with Gasteiger partial charge in [0, 0.05) is 13.6 Å². The van der Waals surface area contributed by atoms with Gasteiger partial charge in [0.2, 0.25) is 5.28 Å². The van der Waals surface area contributed by atoms with Crippen LogP contribution in [0.25, 0.3) is 5.65 Å². The zero-order valence-electron chi connectivity index (χ0n) is 12.6. The summed E-state index contributed by atoms with van der Waals surface area (Å²) in [5.41, 5.74) is 1.87. The summed E-state index contributed by atoms with van der Waals surface area (Å²) in [6, 6.07) is 9.77. The topological polar surface area (TPSA) is 79.3 Å². The number of nitrogens with zero attached hydrogens (tertiary/aromatic N) is 6. The Hall–Kier alpha value is -2.85. The van der Waals surface area contributed by atoms with Gasteiger partial charge in [-0.1, -0.05) is 12.1 Å². The molecule has 0 saturated heterocycles. The lowest BCUT2D eigenvalue weighted by atomic mass is 10.2. The van der Waals surface area contributed by atoms with Gasteiger partial charge in [-0.2, -0.15) is 14.8 Å². The molecule has 8 heteroatoms. The lowest BCUT2D eigenvalue weighted by molar-refractivity contribution is 0.414. The van der Waals surface area contributed by atoms with E-state index in [4.69, 9.17) is 21.6 Å². The highest BCUT2D eigenvalue weighted by molar-refractivity contribution is 6.28. The van der Waals surface area contributed by atoms with Gasteiger partial charge in [-0.25, -0.2) is 4.98 Å². The second-order valence-electron chi connectivity index (χ2n) is 4.90. The molecule has 0 fully saturated rings. The molecule has 1 aromatic carbocycles.